The van der Waals surface area contributed by atoms with Gasteiger partial charge in [-0.2, -0.15) is 0 Å². The number of carbonyl (C=O) groups is 1. The number of hydrogen-bond acceptors (Lipinski definition) is 4. The highest BCUT2D eigenvalue weighted by atomic mass is 32.2. The molecule has 1 unspecified atom stereocenters. The average Bonchev–Trinajstić information content (AvgIpc) is 2.87. The molecule has 0 saturated carbocycles. The van der Waals surface area contributed by atoms with Gasteiger partial charge in [0.05, 0.1) is 0 Å². The highest BCUT2D eigenvalue weighted by Gasteiger charge is 2.35. The Morgan fingerprint density at radius 2 is 2.25 bits per heavy atom. The second kappa shape index (κ2) is 5.66. The molecule has 2 heterocycles. The molecule has 2 fully saturated rings. The van der Waals surface area contributed by atoms with Crippen LogP contribution in [0.15, 0.2) is 23.1 Å². The van der Waals surface area contributed by atoms with Gasteiger partial charge in [-0.25, -0.2) is 0 Å². The zero-order chi connectivity index (χ0) is 14.1. The summed E-state index contributed by atoms with van der Waals surface area (Å²) in [4.78, 5) is 17.5. The molecule has 0 aliphatic carbocycles. The molecule has 20 heavy (non-hydrogen) atoms. The number of nitrogens with zero attached hydrogens (tertiary/aromatic N) is 2. The number of carbonyl (C=O) groups excluding carboxylic acids is 1. The van der Waals surface area contributed by atoms with Crippen molar-refractivity contribution in [2.24, 2.45) is 5.73 Å². The van der Waals surface area contributed by atoms with Gasteiger partial charge >= 0.3 is 0 Å². The molecule has 1 atom stereocenters. The molecular formula is C15H21N3OS. The molecule has 4 nitrogen and oxygen atoms in total. The molecule has 0 bridgehead atoms. The van der Waals surface area contributed by atoms with Crippen molar-refractivity contribution < 1.29 is 4.79 Å². The zero-order valence-corrected chi connectivity index (χ0v) is 12.7. The number of nitrogens with two attached hydrogens (primary N) is 1. The highest BCUT2D eigenvalue weighted by Crippen LogP contribution is 2.32. The van der Waals surface area contributed by atoms with Crippen molar-refractivity contribution in [1.29, 1.82) is 0 Å². The summed E-state index contributed by atoms with van der Waals surface area (Å²) in [5.41, 5.74) is 8.44. The van der Waals surface area contributed by atoms with Crippen LogP contribution in [-0.4, -0.2) is 42.7 Å². The second-order valence-corrected chi connectivity index (χ2v) is 6.24. The van der Waals surface area contributed by atoms with E-state index in [1.54, 1.807) is 11.8 Å². The summed E-state index contributed by atoms with van der Waals surface area (Å²) in [5.74, 6) is 0.326. The number of hydrogen-bond donors (Lipinski definition) is 1. The Kier molecular flexibility index (Phi) is 3.89. The lowest BCUT2D eigenvalue weighted by molar-refractivity contribution is -0.129. The third-order valence-electron chi connectivity index (χ3n) is 4.37. The van der Waals surface area contributed by atoms with E-state index in [0.717, 1.165) is 26.1 Å². The van der Waals surface area contributed by atoms with Gasteiger partial charge in [0.1, 0.15) is 0 Å². The molecule has 1 aromatic carbocycles. The molecule has 1 amide bonds. The Morgan fingerprint density at radius 1 is 1.40 bits per heavy atom. The molecular weight excluding hydrogens is 270 g/mol. The van der Waals surface area contributed by atoms with Crippen molar-refractivity contribution >= 4 is 23.4 Å². The van der Waals surface area contributed by atoms with E-state index in [2.05, 4.69) is 34.3 Å². The van der Waals surface area contributed by atoms with E-state index in [-0.39, 0.29) is 0 Å². The normalized spacial score (nSPS) is 22.3. The first kappa shape index (κ1) is 13.8. The molecule has 2 aliphatic heterocycles. The Hall–Kier alpha value is -1.20. The van der Waals surface area contributed by atoms with Gasteiger partial charge in [0.25, 0.3) is 0 Å². The number of rotatable bonds is 3. The highest BCUT2D eigenvalue weighted by molar-refractivity contribution is 7.98. The van der Waals surface area contributed by atoms with Gasteiger partial charge in [0, 0.05) is 54.8 Å². The summed E-state index contributed by atoms with van der Waals surface area (Å²) < 4.78 is 0. The summed E-state index contributed by atoms with van der Waals surface area (Å²) in [6.07, 6.45) is 3.80. The topological polar surface area (TPSA) is 49.6 Å². The summed E-state index contributed by atoms with van der Waals surface area (Å²) in [7, 11) is 0. The van der Waals surface area contributed by atoms with E-state index in [1.165, 1.54) is 16.1 Å². The van der Waals surface area contributed by atoms with Gasteiger partial charge in [0.2, 0.25) is 5.91 Å². The summed E-state index contributed by atoms with van der Waals surface area (Å²) in [6, 6.07) is 6.78. The van der Waals surface area contributed by atoms with Crippen LogP contribution in [0.4, 0.5) is 5.69 Å². The first-order valence-corrected chi connectivity index (χ1v) is 8.37. The van der Waals surface area contributed by atoms with Crippen LogP contribution in [0.2, 0.25) is 0 Å². The summed E-state index contributed by atoms with van der Waals surface area (Å²) in [6.45, 7) is 3.26. The third kappa shape index (κ3) is 2.29. The van der Waals surface area contributed by atoms with Crippen molar-refractivity contribution in [2.45, 2.75) is 30.3 Å². The first-order chi connectivity index (χ1) is 9.74. The number of piperazine rings is 1. The van der Waals surface area contributed by atoms with Crippen LogP contribution in [-0.2, 0) is 11.3 Å². The molecule has 0 aromatic heterocycles. The smallest absolute Gasteiger partial charge is 0.223 e. The van der Waals surface area contributed by atoms with Gasteiger partial charge in [-0.3, -0.25) is 4.79 Å². The van der Waals surface area contributed by atoms with E-state index in [0.29, 0.717) is 24.9 Å². The zero-order valence-electron chi connectivity index (χ0n) is 11.8. The molecule has 3 rings (SSSR count). The molecule has 2 aliphatic rings. The Morgan fingerprint density at radius 3 is 3.00 bits per heavy atom. The molecule has 2 saturated heterocycles. The van der Waals surface area contributed by atoms with Gasteiger partial charge < -0.3 is 15.5 Å². The summed E-state index contributed by atoms with van der Waals surface area (Å²) >= 11 is 1.75. The minimum Gasteiger partial charge on any atom is -0.367 e. The second-order valence-electron chi connectivity index (χ2n) is 5.39. The maximum atomic E-state index is 11.8. The number of thioether (sulfide) groups is 1. The average molecular weight is 291 g/mol. The van der Waals surface area contributed by atoms with E-state index < -0.39 is 0 Å². The minimum atomic E-state index is 0.326. The van der Waals surface area contributed by atoms with Gasteiger partial charge in [0.15, 0.2) is 0 Å². The quantitative estimate of drug-likeness (QED) is 0.861. The summed E-state index contributed by atoms with van der Waals surface area (Å²) in [5, 5.41) is 0. The number of amides is 1. The van der Waals surface area contributed by atoms with E-state index in [1.807, 2.05) is 0 Å². The van der Waals surface area contributed by atoms with Crippen molar-refractivity contribution in [3.63, 3.8) is 0 Å². The molecule has 1 aromatic rings. The molecule has 2 N–H and O–H groups in total. The van der Waals surface area contributed by atoms with Crippen LogP contribution in [0.3, 0.4) is 0 Å². The van der Waals surface area contributed by atoms with Crippen LogP contribution in [0, 0.1) is 0 Å². The van der Waals surface area contributed by atoms with Gasteiger partial charge in [-0.1, -0.05) is 6.07 Å². The monoisotopic (exact) mass is 291 g/mol. The molecule has 5 heteroatoms. The maximum absolute atomic E-state index is 11.8. The first-order valence-electron chi connectivity index (χ1n) is 7.15. The fraction of sp³-hybridized carbons (Fsp3) is 0.533. The Labute approximate surface area is 124 Å². The lowest BCUT2D eigenvalue weighted by Gasteiger charge is -2.39. The third-order valence-corrected chi connectivity index (χ3v) is 5.19. The van der Waals surface area contributed by atoms with Crippen LogP contribution < -0.4 is 10.6 Å². The maximum Gasteiger partial charge on any atom is 0.223 e. The van der Waals surface area contributed by atoms with Crippen molar-refractivity contribution in [2.75, 3.05) is 30.8 Å². The number of fused-ring (bicyclic) bond motifs is 1. The molecule has 108 valence electrons. The SMILES string of the molecule is CSc1cccc(N2CCN3C(=O)CCC3C2)c1CN. The fourth-order valence-corrected chi connectivity index (χ4v) is 3.98. The van der Waals surface area contributed by atoms with Crippen LogP contribution in [0.5, 0.6) is 0 Å². The predicted molar refractivity (Wildman–Crippen MR) is 83.1 cm³/mol. The molecule has 0 radical (unpaired) electrons. The van der Waals surface area contributed by atoms with Crippen LogP contribution in [0.25, 0.3) is 0 Å². The minimum absolute atomic E-state index is 0.326. The standard InChI is InChI=1S/C15H21N3OS/c1-20-14-4-2-3-13(12(14)9-16)17-7-8-18-11(10-17)5-6-15(18)19/h2-4,11H,5-10,16H2,1H3. The lowest BCUT2D eigenvalue weighted by atomic mass is 10.1. The van der Waals surface area contributed by atoms with Crippen molar-refractivity contribution in [3.8, 4) is 0 Å². The number of anilines is 1. The van der Waals surface area contributed by atoms with E-state index >= 15 is 0 Å². The van der Waals surface area contributed by atoms with Gasteiger partial charge in [-0.15, -0.1) is 11.8 Å². The van der Waals surface area contributed by atoms with Crippen LogP contribution in [0.1, 0.15) is 18.4 Å². The van der Waals surface area contributed by atoms with E-state index in [9.17, 15) is 4.79 Å². The number of benzene rings is 1. The Balaban J connectivity index is 1.85. The van der Waals surface area contributed by atoms with Gasteiger partial charge in [-0.05, 0) is 24.8 Å². The van der Waals surface area contributed by atoms with Crippen molar-refractivity contribution in [1.82, 2.24) is 4.90 Å². The van der Waals surface area contributed by atoms with Crippen LogP contribution >= 0.6 is 11.8 Å². The van der Waals surface area contributed by atoms with E-state index in [4.69, 9.17) is 5.73 Å². The predicted octanol–water partition coefficient (Wildman–Crippen LogP) is 1.68. The fourth-order valence-electron chi connectivity index (χ4n) is 3.33. The van der Waals surface area contributed by atoms with Crippen molar-refractivity contribution in [3.05, 3.63) is 23.8 Å². The lowest BCUT2D eigenvalue weighted by Crippen LogP contribution is -2.51. The largest absolute Gasteiger partial charge is 0.367 e. The Bertz CT molecular complexity index is 520. The molecule has 0 spiro atoms.